The zero-order chi connectivity index (χ0) is 14.6. The van der Waals surface area contributed by atoms with Gasteiger partial charge in [0.1, 0.15) is 10.2 Å². The molecule has 2 atom stereocenters. The summed E-state index contributed by atoms with van der Waals surface area (Å²) < 4.78 is 38.2. The minimum atomic E-state index is -3.23. The lowest BCUT2D eigenvalue weighted by Gasteiger charge is -2.12. The SMILES string of the molecule is CC(F)(F)c1cc(F)cc(C2C(C(=O)O)C2(Cl)Cl)c1. The molecule has 1 N–H and O–H groups in total. The van der Waals surface area contributed by atoms with Crippen LogP contribution in [0.15, 0.2) is 18.2 Å². The number of benzene rings is 1. The molecule has 0 aromatic heterocycles. The molecule has 0 bridgehead atoms. The molecule has 1 aliphatic carbocycles. The Morgan fingerprint density at radius 3 is 2.37 bits per heavy atom. The molecular formula is C12H9Cl2F3O2. The quantitative estimate of drug-likeness (QED) is 0.859. The Hall–Kier alpha value is -0.940. The van der Waals surface area contributed by atoms with E-state index in [1.807, 2.05) is 0 Å². The molecule has 1 fully saturated rings. The van der Waals surface area contributed by atoms with Crippen molar-refractivity contribution in [2.75, 3.05) is 0 Å². The third-order valence-corrected chi connectivity index (χ3v) is 4.05. The second-order valence-corrected chi connectivity index (χ2v) is 6.07. The molecule has 1 saturated carbocycles. The van der Waals surface area contributed by atoms with Crippen LogP contribution in [-0.4, -0.2) is 15.4 Å². The lowest BCUT2D eigenvalue weighted by molar-refractivity contribution is -0.138. The number of hydrogen-bond donors (Lipinski definition) is 1. The van der Waals surface area contributed by atoms with E-state index in [1.54, 1.807) is 0 Å². The van der Waals surface area contributed by atoms with Crippen molar-refractivity contribution in [3.8, 4) is 0 Å². The van der Waals surface area contributed by atoms with Crippen LogP contribution in [0.1, 0.15) is 24.0 Å². The summed E-state index contributed by atoms with van der Waals surface area (Å²) >= 11 is 11.6. The predicted octanol–water partition coefficient (Wildman–Crippen LogP) is 3.91. The van der Waals surface area contributed by atoms with Crippen molar-refractivity contribution in [1.82, 2.24) is 0 Å². The van der Waals surface area contributed by atoms with Crippen LogP contribution in [0, 0.1) is 11.7 Å². The average molecular weight is 313 g/mol. The first-order valence-electron chi connectivity index (χ1n) is 5.34. The van der Waals surface area contributed by atoms with E-state index in [2.05, 4.69) is 0 Å². The summed E-state index contributed by atoms with van der Waals surface area (Å²) in [5.41, 5.74) is -0.475. The summed E-state index contributed by atoms with van der Waals surface area (Å²) in [6, 6.07) is 2.71. The van der Waals surface area contributed by atoms with Gasteiger partial charge in [0.05, 0.1) is 5.92 Å². The highest BCUT2D eigenvalue weighted by Gasteiger charge is 2.68. The van der Waals surface area contributed by atoms with E-state index in [9.17, 15) is 18.0 Å². The molecule has 1 aromatic rings. The molecule has 0 radical (unpaired) electrons. The lowest BCUT2D eigenvalue weighted by atomic mass is 10.0. The normalized spacial score (nSPS) is 25.2. The molecule has 0 saturated heterocycles. The highest BCUT2D eigenvalue weighted by atomic mass is 35.5. The fourth-order valence-electron chi connectivity index (χ4n) is 2.09. The van der Waals surface area contributed by atoms with E-state index >= 15 is 0 Å². The van der Waals surface area contributed by atoms with Gasteiger partial charge in [0.15, 0.2) is 0 Å². The molecule has 19 heavy (non-hydrogen) atoms. The van der Waals surface area contributed by atoms with Crippen molar-refractivity contribution in [1.29, 1.82) is 0 Å². The zero-order valence-electron chi connectivity index (χ0n) is 9.63. The van der Waals surface area contributed by atoms with Gasteiger partial charge in [-0.3, -0.25) is 4.79 Å². The molecule has 1 aliphatic rings. The number of carboxylic acid groups (broad SMARTS) is 1. The Morgan fingerprint density at radius 1 is 1.37 bits per heavy atom. The van der Waals surface area contributed by atoms with E-state index in [0.29, 0.717) is 13.0 Å². The third kappa shape index (κ3) is 2.54. The minimum absolute atomic E-state index is 0.0638. The van der Waals surface area contributed by atoms with Crippen LogP contribution in [0.4, 0.5) is 13.2 Å². The number of hydrogen-bond acceptors (Lipinski definition) is 1. The van der Waals surface area contributed by atoms with Gasteiger partial charge in [-0.15, -0.1) is 0 Å². The van der Waals surface area contributed by atoms with Gasteiger partial charge in [-0.05, 0) is 23.8 Å². The Bertz CT molecular complexity index is 540. The second-order valence-electron chi connectivity index (χ2n) is 4.63. The van der Waals surface area contributed by atoms with E-state index in [1.165, 1.54) is 0 Å². The monoisotopic (exact) mass is 312 g/mol. The fraction of sp³-hybridized carbons (Fsp3) is 0.417. The average Bonchev–Trinajstić information content (AvgIpc) is 2.79. The number of halogens is 5. The molecule has 2 rings (SSSR count). The summed E-state index contributed by atoms with van der Waals surface area (Å²) in [6.45, 7) is 0.627. The van der Waals surface area contributed by atoms with Gasteiger partial charge in [0.2, 0.25) is 0 Å². The van der Waals surface area contributed by atoms with Crippen LogP contribution < -0.4 is 0 Å². The van der Waals surface area contributed by atoms with Crippen LogP contribution >= 0.6 is 23.2 Å². The highest BCUT2D eigenvalue weighted by Crippen LogP contribution is 2.65. The Labute approximate surface area is 117 Å². The smallest absolute Gasteiger partial charge is 0.310 e. The molecule has 2 nitrogen and oxygen atoms in total. The van der Waals surface area contributed by atoms with E-state index in [0.717, 1.165) is 12.1 Å². The van der Waals surface area contributed by atoms with Gasteiger partial charge in [0, 0.05) is 18.4 Å². The molecule has 0 spiro atoms. The fourth-order valence-corrected chi connectivity index (χ4v) is 2.91. The summed E-state index contributed by atoms with van der Waals surface area (Å²) in [7, 11) is 0. The molecule has 0 heterocycles. The first kappa shape index (κ1) is 14.5. The van der Waals surface area contributed by atoms with Gasteiger partial charge in [-0.2, -0.15) is 0 Å². The molecule has 1 aromatic carbocycles. The van der Waals surface area contributed by atoms with Gasteiger partial charge in [0.25, 0.3) is 5.92 Å². The van der Waals surface area contributed by atoms with Crippen LogP contribution in [0.3, 0.4) is 0 Å². The van der Waals surface area contributed by atoms with Crippen molar-refractivity contribution in [2.45, 2.75) is 23.1 Å². The van der Waals surface area contributed by atoms with Gasteiger partial charge >= 0.3 is 5.97 Å². The predicted molar refractivity (Wildman–Crippen MR) is 64.3 cm³/mol. The van der Waals surface area contributed by atoms with Crippen molar-refractivity contribution < 1.29 is 23.1 Å². The van der Waals surface area contributed by atoms with Gasteiger partial charge in [-0.1, -0.05) is 23.2 Å². The first-order chi connectivity index (χ1) is 8.55. The Kier molecular flexibility index (Phi) is 3.26. The van der Waals surface area contributed by atoms with Crippen molar-refractivity contribution in [2.24, 2.45) is 5.92 Å². The molecule has 0 aliphatic heterocycles. The summed E-state index contributed by atoms with van der Waals surface area (Å²) in [6.07, 6.45) is 0. The van der Waals surface area contributed by atoms with Crippen LogP contribution in [-0.2, 0) is 10.7 Å². The topological polar surface area (TPSA) is 37.3 Å². The highest BCUT2D eigenvalue weighted by molar-refractivity contribution is 6.53. The maximum Gasteiger partial charge on any atom is 0.310 e. The summed E-state index contributed by atoms with van der Waals surface area (Å²) in [5.74, 6) is -7.38. The van der Waals surface area contributed by atoms with Crippen LogP contribution in [0.25, 0.3) is 0 Å². The molecule has 7 heteroatoms. The van der Waals surface area contributed by atoms with Crippen molar-refractivity contribution >= 4 is 29.2 Å². The molecule has 2 unspecified atom stereocenters. The number of carbonyl (C=O) groups is 1. The van der Waals surface area contributed by atoms with E-state index < -0.39 is 39.4 Å². The standard InChI is InChI=1S/C12H9Cl2F3O2/c1-11(16,17)6-2-5(3-7(15)4-6)8-9(10(18)19)12(8,13)14/h2-4,8-9H,1H3,(H,18,19). The van der Waals surface area contributed by atoms with Crippen molar-refractivity contribution in [3.63, 3.8) is 0 Å². The van der Waals surface area contributed by atoms with Crippen LogP contribution in [0.2, 0.25) is 0 Å². The van der Waals surface area contributed by atoms with Gasteiger partial charge < -0.3 is 5.11 Å². The van der Waals surface area contributed by atoms with Crippen LogP contribution in [0.5, 0.6) is 0 Å². The summed E-state index contributed by atoms with van der Waals surface area (Å²) in [4.78, 5) is 10.9. The molecule has 104 valence electrons. The minimum Gasteiger partial charge on any atom is -0.481 e. The zero-order valence-corrected chi connectivity index (χ0v) is 11.1. The maximum atomic E-state index is 13.4. The third-order valence-electron chi connectivity index (χ3n) is 3.11. The summed E-state index contributed by atoms with van der Waals surface area (Å²) in [5, 5.41) is 8.91. The molecular weight excluding hydrogens is 304 g/mol. The number of alkyl halides is 4. The van der Waals surface area contributed by atoms with Crippen molar-refractivity contribution in [3.05, 3.63) is 35.1 Å². The Morgan fingerprint density at radius 2 is 1.95 bits per heavy atom. The maximum absolute atomic E-state index is 13.4. The van der Waals surface area contributed by atoms with E-state index in [-0.39, 0.29) is 5.56 Å². The second kappa shape index (κ2) is 4.28. The number of carboxylic acids is 1. The Balaban J connectivity index is 2.43. The number of aliphatic carboxylic acids is 1. The largest absolute Gasteiger partial charge is 0.481 e. The lowest BCUT2D eigenvalue weighted by Crippen LogP contribution is -2.08. The first-order valence-corrected chi connectivity index (χ1v) is 6.10. The van der Waals surface area contributed by atoms with E-state index in [4.69, 9.17) is 28.3 Å². The number of rotatable bonds is 3. The van der Waals surface area contributed by atoms with Gasteiger partial charge in [-0.25, -0.2) is 13.2 Å². The molecule has 0 amide bonds.